The lowest BCUT2D eigenvalue weighted by Crippen LogP contribution is -2.45. The average molecular weight is 337 g/mol. The number of fused-ring (bicyclic) bond motifs is 2. The molecule has 0 unspecified atom stereocenters. The summed E-state index contributed by atoms with van der Waals surface area (Å²) in [6.45, 7) is 1.85. The molecule has 4 heterocycles. The smallest absolute Gasteiger partial charge is 0.186 e. The largest absolute Gasteiger partial charge is 0.497 e. The summed E-state index contributed by atoms with van der Waals surface area (Å²) in [6, 6.07) is 12.0. The van der Waals surface area contributed by atoms with Crippen molar-refractivity contribution in [2.75, 3.05) is 25.1 Å². The van der Waals surface area contributed by atoms with E-state index < -0.39 is 0 Å². The molecule has 1 aromatic carbocycles. The minimum atomic E-state index is 0.393. The number of nitrogens with zero attached hydrogens (tertiary/aromatic N) is 5. The van der Waals surface area contributed by atoms with Gasteiger partial charge in [0.1, 0.15) is 11.6 Å². The Morgan fingerprint density at radius 1 is 1.17 bits per heavy atom. The Morgan fingerprint density at radius 2 is 2.08 bits per heavy atom. The van der Waals surface area contributed by atoms with Gasteiger partial charge in [-0.05, 0) is 24.3 Å². The molecule has 1 aliphatic heterocycles. The summed E-state index contributed by atoms with van der Waals surface area (Å²) in [5.74, 6) is 2.27. The first kappa shape index (κ1) is 13.7. The summed E-state index contributed by atoms with van der Waals surface area (Å²) in [7, 11) is 1.68. The van der Waals surface area contributed by atoms with Crippen molar-refractivity contribution in [3.05, 3.63) is 48.4 Å². The van der Waals surface area contributed by atoms with Gasteiger partial charge in [0.2, 0.25) is 0 Å². The minimum Gasteiger partial charge on any atom is -0.497 e. The van der Waals surface area contributed by atoms with E-state index >= 15 is 0 Å². The molecule has 4 aromatic rings. The molecule has 5 rings (SSSR count). The Hall–Kier alpha value is -2.67. The standard InChI is InChI=1S/C17H15N5OS/c1-23-12-5-6-14-13(8-12)18-17(24-14)21-9-11(10-21)16-20-19-15-4-2-3-7-22(15)16/h2-8,11H,9-10H2,1H3. The molecule has 0 radical (unpaired) electrons. The third kappa shape index (κ3) is 2.05. The fourth-order valence-electron chi connectivity index (χ4n) is 3.09. The molecule has 7 heteroatoms. The van der Waals surface area contributed by atoms with Gasteiger partial charge in [-0.25, -0.2) is 4.98 Å². The number of methoxy groups -OCH3 is 1. The second kappa shape index (κ2) is 5.17. The molecule has 0 saturated carbocycles. The van der Waals surface area contributed by atoms with Crippen molar-refractivity contribution in [2.24, 2.45) is 0 Å². The molecule has 0 amide bonds. The highest BCUT2D eigenvalue weighted by Crippen LogP contribution is 2.36. The normalized spacial score (nSPS) is 15.1. The zero-order chi connectivity index (χ0) is 16.1. The monoisotopic (exact) mass is 337 g/mol. The van der Waals surface area contributed by atoms with Gasteiger partial charge >= 0.3 is 0 Å². The summed E-state index contributed by atoms with van der Waals surface area (Å²) < 4.78 is 8.53. The SMILES string of the molecule is COc1ccc2sc(N3CC(c4nnc5ccccn45)C3)nc2c1. The number of anilines is 1. The highest BCUT2D eigenvalue weighted by atomic mass is 32.1. The molecule has 6 nitrogen and oxygen atoms in total. The van der Waals surface area contributed by atoms with E-state index in [2.05, 4.69) is 25.6 Å². The summed E-state index contributed by atoms with van der Waals surface area (Å²) in [5.41, 5.74) is 1.89. The molecule has 0 aliphatic carbocycles. The Bertz CT molecular complexity index is 1030. The van der Waals surface area contributed by atoms with E-state index in [4.69, 9.17) is 9.72 Å². The van der Waals surface area contributed by atoms with Gasteiger partial charge in [-0.3, -0.25) is 4.40 Å². The predicted octanol–water partition coefficient (Wildman–Crippen LogP) is 2.95. The van der Waals surface area contributed by atoms with Crippen LogP contribution in [0.25, 0.3) is 15.9 Å². The molecule has 1 fully saturated rings. The number of hydrogen-bond donors (Lipinski definition) is 0. The van der Waals surface area contributed by atoms with Crippen molar-refractivity contribution >= 4 is 32.3 Å². The van der Waals surface area contributed by atoms with E-state index in [1.54, 1.807) is 18.4 Å². The topological polar surface area (TPSA) is 55.5 Å². The summed E-state index contributed by atoms with van der Waals surface area (Å²) in [5, 5.41) is 9.66. The quantitative estimate of drug-likeness (QED) is 0.575. The number of pyridine rings is 1. The Balaban J connectivity index is 1.39. The van der Waals surface area contributed by atoms with Crippen LogP contribution in [0.5, 0.6) is 5.75 Å². The molecule has 0 atom stereocenters. The average Bonchev–Trinajstić information content (AvgIpc) is 3.17. The Labute approximate surface area is 142 Å². The molecule has 1 saturated heterocycles. The summed E-state index contributed by atoms with van der Waals surface area (Å²) in [6.07, 6.45) is 2.03. The lowest BCUT2D eigenvalue weighted by molar-refractivity contribution is 0.415. The van der Waals surface area contributed by atoms with Crippen LogP contribution in [0.2, 0.25) is 0 Å². The van der Waals surface area contributed by atoms with Crippen LogP contribution in [0.4, 0.5) is 5.13 Å². The van der Waals surface area contributed by atoms with Crippen LogP contribution < -0.4 is 9.64 Å². The molecule has 0 spiro atoms. The molecule has 24 heavy (non-hydrogen) atoms. The zero-order valence-electron chi connectivity index (χ0n) is 13.1. The third-order valence-electron chi connectivity index (χ3n) is 4.44. The Kier molecular flexibility index (Phi) is 2.96. The lowest BCUT2D eigenvalue weighted by atomic mass is 10.0. The van der Waals surface area contributed by atoms with Gasteiger partial charge in [0, 0.05) is 25.4 Å². The van der Waals surface area contributed by atoms with Crippen LogP contribution in [0.3, 0.4) is 0 Å². The van der Waals surface area contributed by atoms with Crippen molar-refractivity contribution in [2.45, 2.75) is 5.92 Å². The zero-order valence-corrected chi connectivity index (χ0v) is 13.9. The molecular formula is C17H15N5OS. The van der Waals surface area contributed by atoms with Crippen LogP contribution in [0.15, 0.2) is 42.6 Å². The Morgan fingerprint density at radius 3 is 2.96 bits per heavy atom. The number of ether oxygens (including phenoxy) is 1. The van der Waals surface area contributed by atoms with E-state index in [0.717, 1.165) is 41.0 Å². The van der Waals surface area contributed by atoms with Crippen LogP contribution in [0, 0.1) is 0 Å². The van der Waals surface area contributed by atoms with Crippen molar-refractivity contribution < 1.29 is 4.74 Å². The van der Waals surface area contributed by atoms with Gasteiger partial charge in [-0.2, -0.15) is 0 Å². The highest BCUT2D eigenvalue weighted by molar-refractivity contribution is 7.22. The highest BCUT2D eigenvalue weighted by Gasteiger charge is 2.33. The number of benzene rings is 1. The maximum atomic E-state index is 5.27. The third-order valence-corrected chi connectivity index (χ3v) is 5.54. The minimum absolute atomic E-state index is 0.393. The number of hydrogen-bond acceptors (Lipinski definition) is 6. The van der Waals surface area contributed by atoms with Crippen molar-refractivity contribution in [3.8, 4) is 5.75 Å². The number of thiazole rings is 1. The lowest BCUT2D eigenvalue weighted by Gasteiger charge is -2.37. The molecule has 1 aliphatic rings. The van der Waals surface area contributed by atoms with E-state index in [9.17, 15) is 0 Å². The van der Waals surface area contributed by atoms with Crippen LogP contribution in [-0.2, 0) is 0 Å². The van der Waals surface area contributed by atoms with Crippen molar-refractivity contribution in [1.29, 1.82) is 0 Å². The number of aromatic nitrogens is 4. The first-order valence-electron chi connectivity index (χ1n) is 7.81. The molecule has 0 bridgehead atoms. The fraction of sp³-hybridized carbons (Fsp3) is 0.235. The second-order valence-corrected chi connectivity index (χ2v) is 6.93. The van der Waals surface area contributed by atoms with Crippen LogP contribution in [-0.4, -0.2) is 39.8 Å². The van der Waals surface area contributed by atoms with Gasteiger partial charge < -0.3 is 9.64 Å². The van der Waals surface area contributed by atoms with Gasteiger partial charge in [0.25, 0.3) is 0 Å². The van der Waals surface area contributed by atoms with E-state index in [1.165, 1.54) is 4.70 Å². The number of rotatable bonds is 3. The van der Waals surface area contributed by atoms with E-state index in [0.29, 0.717) is 5.92 Å². The van der Waals surface area contributed by atoms with Crippen molar-refractivity contribution in [3.63, 3.8) is 0 Å². The molecule has 3 aromatic heterocycles. The van der Waals surface area contributed by atoms with Crippen molar-refractivity contribution in [1.82, 2.24) is 19.6 Å². The second-order valence-electron chi connectivity index (χ2n) is 5.92. The van der Waals surface area contributed by atoms with E-state index in [-0.39, 0.29) is 0 Å². The fourth-order valence-corrected chi connectivity index (χ4v) is 4.06. The maximum Gasteiger partial charge on any atom is 0.186 e. The molecule has 120 valence electrons. The summed E-state index contributed by atoms with van der Waals surface area (Å²) in [4.78, 5) is 7.04. The van der Waals surface area contributed by atoms with E-state index in [1.807, 2.05) is 36.5 Å². The first-order chi connectivity index (χ1) is 11.8. The molecule has 0 N–H and O–H groups in total. The summed E-state index contributed by atoms with van der Waals surface area (Å²) >= 11 is 1.72. The first-order valence-corrected chi connectivity index (χ1v) is 8.62. The van der Waals surface area contributed by atoms with Gasteiger partial charge in [0.15, 0.2) is 10.8 Å². The molecular weight excluding hydrogens is 322 g/mol. The van der Waals surface area contributed by atoms with Gasteiger partial charge in [-0.15, -0.1) is 10.2 Å². The van der Waals surface area contributed by atoms with Gasteiger partial charge in [0.05, 0.1) is 23.2 Å². The predicted molar refractivity (Wildman–Crippen MR) is 94.1 cm³/mol. The van der Waals surface area contributed by atoms with Crippen LogP contribution >= 0.6 is 11.3 Å². The maximum absolute atomic E-state index is 5.27. The van der Waals surface area contributed by atoms with Crippen LogP contribution in [0.1, 0.15) is 11.7 Å². The van der Waals surface area contributed by atoms with Gasteiger partial charge in [-0.1, -0.05) is 17.4 Å².